The van der Waals surface area contributed by atoms with Gasteiger partial charge in [0, 0.05) is 0 Å². The first-order valence-corrected chi connectivity index (χ1v) is 5.48. The quantitative estimate of drug-likeness (QED) is 0.635. The second-order valence-electron chi connectivity index (χ2n) is 5.25. The molecule has 0 aromatic rings. The summed E-state index contributed by atoms with van der Waals surface area (Å²) < 4.78 is 5.94. The summed E-state index contributed by atoms with van der Waals surface area (Å²) in [5.41, 5.74) is 0.178. The molecule has 1 fully saturated rings. The van der Waals surface area contributed by atoms with Crippen LogP contribution in [0, 0.1) is 12.3 Å². The van der Waals surface area contributed by atoms with Gasteiger partial charge in [0.15, 0.2) is 0 Å². The van der Waals surface area contributed by atoms with Crippen LogP contribution < -0.4 is 0 Å². The van der Waals surface area contributed by atoms with Gasteiger partial charge in [0.05, 0.1) is 12.2 Å². The highest BCUT2D eigenvalue weighted by Crippen LogP contribution is 2.27. The summed E-state index contributed by atoms with van der Waals surface area (Å²) in [6.07, 6.45) is 7.15. The van der Waals surface area contributed by atoms with Gasteiger partial charge >= 0.3 is 0 Å². The van der Waals surface area contributed by atoms with Crippen molar-refractivity contribution in [1.82, 2.24) is 0 Å². The molecule has 1 atom stereocenters. The van der Waals surface area contributed by atoms with Crippen molar-refractivity contribution in [1.29, 1.82) is 0 Å². The summed E-state index contributed by atoms with van der Waals surface area (Å²) in [5, 5.41) is 0. The first-order valence-electron chi connectivity index (χ1n) is 5.48. The van der Waals surface area contributed by atoms with Crippen LogP contribution in [0.2, 0.25) is 0 Å². The lowest BCUT2D eigenvalue weighted by Gasteiger charge is -2.32. The Balaban J connectivity index is 2.30. The normalized spacial score (nSPS) is 23.1. The average molecular weight is 183 g/mol. The van der Waals surface area contributed by atoms with Gasteiger partial charge in [0.25, 0.3) is 0 Å². The van der Waals surface area contributed by atoms with E-state index < -0.39 is 0 Å². The van der Waals surface area contributed by atoms with Crippen molar-refractivity contribution in [3.8, 4) is 0 Å². The van der Waals surface area contributed by atoms with Gasteiger partial charge in [0.2, 0.25) is 0 Å². The zero-order chi connectivity index (χ0) is 9.90. The van der Waals surface area contributed by atoms with Crippen molar-refractivity contribution in [2.45, 2.75) is 65.1 Å². The molecule has 1 heteroatoms. The molecule has 13 heavy (non-hydrogen) atoms. The van der Waals surface area contributed by atoms with Crippen LogP contribution in [0.4, 0.5) is 0 Å². The third-order valence-electron chi connectivity index (χ3n) is 2.87. The van der Waals surface area contributed by atoms with Crippen LogP contribution in [0.1, 0.15) is 52.9 Å². The van der Waals surface area contributed by atoms with Crippen LogP contribution in [0.3, 0.4) is 0 Å². The first-order chi connectivity index (χ1) is 6.00. The fraction of sp³-hybridized carbons (Fsp3) is 0.917. The minimum absolute atomic E-state index is 0.135. The van der Waals surface area contributed by atoms with E-state index in [0.29, 0.717) is 6.10 Å². The number of ether oxygens (including phenoxy) is 1. The van der Waals surface area contributed by atoms with E-state index in [1.54, 1.807) is 0 Å². The van der Waals surface area contributed by atoms with Crippen molar-refractivity contribution in [2.75, 3.05) is 0 Å². The Morgan fingerprint density at radius 3 is 2.15 bits per heavy atom. The molecule has 1 aliphatic rings. The smallest absolute Gasteiger partial charge is 0.0628 e. The Bertz CT molecular complexity index is 140. The van der Waals surface area contributed by atoms with Gasteiger partial charge in [-0.3, -0.25) is 0 Å². The molecule has 1 aliphatic carbocycles. The predicted octanol–water partition coefficient (Wildman–Crippen LogP) is 3.58. The van der Waals surface area contributed by atoms with Crippen molar-refractivity contribution >= 4 is 0 Å². The summed E-state index contributed by atoms with van der Waals surface area (Å²) in [5.74, 6) is 0. The second-order valence-corrected chi connectivity index (χ2v) is 5.25. The van der Waals surface area contributed by atoms with Crippen molar-refractivity contribution in [3.05, 3.63) is 6.92 Å². The first kappa shape index (κ1) is 11.0. The highest BCUT2D eigenvalue weighted by atomic mass is 16.5. The molecule has 1 rings (SSSR count). The van der Waals surface area contributed by atoms with E-state index in [4.69, 9.17) is 4.74 Å². The molecule has 0 spiro atoms. The van der Waals surface area contributed by atoms with E-state index in [2.05, 4.69) is 27.7 Å². The molecule has 0 amide bonds. The second kappa shape index (κ2) is 4.45. The predicted molar refractivity (Wildman–Crippen MR) is 56.6 cm³/mol. The Hall–Kier alpha value is -0.0400. The van der Waals surface area contributed by atoms with Crippen LogP contribution in [0.15, 0.2) is 0 Å². The maximum atomic E-state index is 5.94. The molecular weight excluding hydrogens is 160 g/mol. The third kappa shape index (κ3) is 3.68. The molecule has 0 aromatic carbocycles. The molecule has 0 heterocycles. The Kier molecular flexibility index (Phi) is 3.78. The zero-order valence-electron chi connectivity index (χ0n) is 9.31. The Morgan fingerprint density at radius 1 is 1.15 bits per heavy atom. The minimum Gasteiger partial charge on any atom is -0.374 e. The highest BCUT2D eigenvalue weighted by Gasteiger charge is 2.24. The van der Waals surface area contributed by atoms with Crippen LogP contribution in [0.5, 0.6) is 0 Å². The zero-order valence-corrected chi connectivity index (χ0v) is 9.31. The van der Waals surface area contributed by atoms with Gasteiger partial charge in [0.1, 0.15) is 0 Å². The fourth-order valence-corrected chi connectivity index (χ4v) is 1.64. The van der Waals surface area contributed by atoms with Crippen LogP contribution in [-0.4, -0.2) is 12.2 Å². The molecule has 0 saturated heterocycles. The van der Waals surface area contributed by atoms with E-state index in [1.807, 2.05) is 0 Å². The van der Waals surface area contributed by atoms with Gasteiger partial charge in [-0.15, -0.1) is 0 Å². The number of hydrogen-bond acceptors (Lipinski definition) is 1. The van der Waals surface area contributed by atoms with Crippen molar-refractivity contribution in [2.24, 2.45) is 5.41 Å². The molecule has 0 aliphatic heterocycles. The monoisotopic (exact) mass is 183 g/mol. The lowest BCUT2D eigenvalue weighted by atomic mass is 9.89. The molecule has 1 nitrogen and oxygen atoms in total. The molecule has 1 saturated carbocycles. The van der Waals surface area contributed by atoms with Gasteiger partial charge in [-0.25, -0.2) is 0 Å². The summed E-state index contributed by atoms with van der Waals surface area (Å²) in [7, 11) is 0. The Morgan fingerprint density at radius 2 is 1.69 bits per heavy atom. The highest BCUT2D eigenvalue weighted by molar-refractivity contribution is 4.78. The van der Waals surface area contributed by atoms with E-state index in [1.165, 1.54) is 32.1 Å². The lowest BCUT2D eigenvalue weighted by molar-refractivity contribution is -0.0545. The van der Waals surface area contributed by atoms with Gasteiger partial charge in [-0.2, -0.15) is 0 Å². The third-order valence-corrected chi connectivity index (χ3v) is 2.87. The van der Waals surface area contributed by atoms with E-state index in [9.17, 15) is 0 Å². The fourth-order valence-electron chi connectivity index (χ4n) is 1.64. The van der Waals surface area contributed by atoms with E-state index >= 15 is 0 Å². The molecular formula is C12H23O. The summed E-state index contributed by atoms with van der Waals surface area (Å²) >= 11 is 0. The molecule has 0 aromatic heterocycles. The van der Waals surface area contributed by atoms with Crippen LogP contribution in [-0.2, 0) is 4.74 Å². The van der Waals surface area contributed by atoms with Gasteiger partial charge < -0.3 is 4.74 Å². The number of hydrogen-bond donors (Lipinski definition) is 0. The maximum Gasteiger partial charge on any atom is 0.0628 e. The van der Waals surface area contributed by atoms with E-state index in [-0.39, 0.29) is 11.5 Å². The van der Waals surface area contributed by atoms with Gasteiger partial charge in [-0.05, 0) is 25.2 Å². The van der Waals surface area contributed by atoms with Crippen molar-refractivity contribution < 1.29 is 4.74 Å². The topological polar surface area (TPSA) is 9.23 Å². The van der Waals surface area contributed by atoms with Crippen LogP contribution in [0.25, 0.3) is 0 Å². The van der Waals surface area contributed by atoms with E-state index in [0.717, 1.165) is 0 Å². The summed E-state index contributed by atoms with van der Waals surface area (Å²) in [4.78, 5) is 0. The average Bonchev–Trinajstić information content (AvgIpc) is 2.04. The largest absolute Gasteiger partial charge is 0.374 e. The van der Waals surface area contributed by atoms with Crippen LogP contribution >= 0.6 is 0 Å². The molecule has 0 N–H and O–H groups in total. The minimum atomic E-state index is 0.135. The Labute approximate surface area is 82.9 Å². The lowest BCUT2D eigenvalue weighted by Crippen LogP contribution is -2.31. The maximum absolute atomic E-state index is 5.94. The molecule has 77 valence electrons. The van der Waals surface area contributed by atoms with Crippen molar-refractivity contribution in [3.63, 3.8) is 0 Å². The van der Waals surface area contributed by atoms with Gasteiger partial charge in [-0.1, -0.05) is 40.0 Å². The molecule has 1 radical (unpaired) electrons. The SMILES string of the molecule is [CH2]C(OC1CCCCC1)C(C)(C)C. The molecule has 1 unspecified atom stereocenters. The number of rotatable bonds is 2. The summed E-state index contributed by atoms with van der Waals surface area (Å²) in [6, 6.07) is 0. The molecule has 0 bridgehead atoms. The summed E-state index contributed by atoms with van der Waals surface area (Å²) in [6.45, 7) is 10.6. The standard InChI is InChI=1S/C12H23O/c1-10(12(2,3)4)13-11-8-6-5-7-9-11/h10-11H,1,5-9H2,2-4H3.